The lowest BCUT2D eigenvalue weighted by atomic mass is 10.2. The van der Waals surface area contributed by atoms with Crippen LogP contribution in [0.25, 0.3) is 0 Å². The SMILES string of the molecule is CCOC(=O)c1ccc(NC(=O)CN2C(=O)C(C)SC2=S)cc1. The third-order valence-corrected chi connectivity index (χ3v) is 4.58. The fourth-order valence-corrected chi connectivity index (χ4v) is 3.37. The van der Waals surface area contributed by atoms with Gasteiger partial charge in [-0.2, -0.15) is 0 Å². The lowest BCUT2D eigenvalue weighted by Crippen LogP contribution is -2.37. The number of thiocarbonyl (C=S) groups is 1. The average Bonchev–Trinajstić information content (AvgIpc) is 2.74. The highest BCUT2D eigenvalue weighted by atomic mass is 32.2. The smallest absolute Gasteiger partial charge is 0.338 e. The van der Waals surface area contributed by atoms with Gasteiger partial charge in [-0.05, 0) is 38.1 Å². The molecule has 0 saturated carbocycles. The van der Waals surface area contributed by atoms with Crippen LogP contribution in [0.15, 0.2) is 24.3 Å². The molecule has 1 unspecified atom stereocenters. The number of thioether (sulfide) groups is 1. The van der Waals surface area contributed by atoms with Gasteiger partial charge in [-0.15, -0.1) is 0 Å². The van der Waals surface area contributed by atoms with Crippen molar-refractivity contribution in [1.82, 2.24) is 4.90 Å². The highest BCUT2D eigenvalue weighted by molar-refractivity contribution is 8.24. The van der Waals surface area contributed by atoms with Crippen molar-refractivity contribution < 1.29 is 19.1 Å². The predicted octanol–water partition coefficient (Wildman–Crippen LogP) is 2.05. The number of nitrogens with zero attached hydrogens (tertiary/aromatic N) is 1. The lowest BCUT2D eigenvalue weighted by molar-refractivity contribution is -0.129. The Morgan fingerprint density at radius 2 is 2.00 bits per heavy atom. The van der Waals surface area contributed by atoms with Gasteiger partial charge in [-0.25, -0.2) is 4.79 Å². The summed E-state index contributed by atoms with van der Waals surface area (Å²) in [6.45, 7) is 3.67. The average molecular weight is 352 g/mol. The quantitative estimate of drug-likeness (QED) is 0.646. The number of amides is 2. The van der Waals surface area contributed by atoms with Gasteiger partial charge in [-0.3, -0.25) is 14.5 Å². The van der Waals surface area contributed by atoms with Gasteiger partial charge in [0.25, 0.3) is 0 Å². The van der Waals surface area contributed by atoms with Crippen LogP contribution in [-0.4, -0.2) is 45.4 Å². The molecule has 0 radical (unpaired) electrons. The van der Waals surface area contributed by atoms with Crippen molar-refractivity contribution >= 4 is 51.8 Å². The first-order chi connectivity index (χ1) is 10.9. The molecule has 1 heterocycles. The van der Waals surface area contributed by atoms with Gasteiger partial charge in [0, 0.05) is 5.69 Å². The maximum Gasteiger partial charge on any atom is 0.338 e. The molecule has 0 bridgehead atoms. The normalized spacial score (nSPS) is 17.3. The maximum atomic E-state index is 12.0. The summed E-state index contributed by atoms with van der Waals surface area (Å²) < 4.78 is 5.30. The van der Waals surface area contributed by atoms with Crippen LogP contribution in [0.4, 0.5) is 5.69 Å². The van der Waals surface area contributed by atoms with Crippen LogP contribution in [0.3, 0.4) is 0 Å². The summed E-state index contributed by atoms with van der Waals surface area (Å²) >= 11 is 6.36. The van der Waals surface area contributed by atoms with E-state index in [1.165, 1.54) is 16.7 Å². The van der Waals surface area contributed by atoms with Crippen LogP contribution in [0.2, 0.25) is 0 Å². The van der Waals surface area contributed by atoms with Gasteiger partial charge in [0.15, 0.2) is 0 Å². The minimum atomic E-state index is -0.413. The van der Waals surface area contributed by atoms with Crippen LogP contribution in [-0.2, 0) is 14.3 Å². The molecule has 1 aromatic rings. The molecule has 0 aromatic heterocycles. The van der Waals surface area contributed by atoms with E-state index in [2.05, 4.69) is 5.32 Å². The summed E-state index contributed by atoms with van der Waals surface area (Å²) in [7, 11) is 0. The Balaban J connectivity index is 1.94. The Labute approximate surface area is 143 Å². The molecule has 0 aliphatic carbocycles. The highest BCUT2D eigenvalue weighted by Gasteiger charge is 2.34. The van der Waals surface area contributed by atoms with Crippen molar-refractivity contribution in [2.75, 3.05) is 18.5 Å². The summed E-state index contributed by atoms with van der Waals surface area (Å²) in [6, 6.07) is 6.34. The molecule has 1 aliphatic heterocycles. The fourth-order valence-electron chi connectivity index (χ4n) is 1.97. The molecule has 2 rings (SSSR count). The van der Waals surface area contributed by atoms with Crippen LogP contribution < -0.4 is 5.32 Å². The van der Waals surface area contributed by atoms with Crippen LogP contribution in [0.5, 0.6) is 0 Å². The van der Waals surface area contributed by atoms with Crippen molar-refractivity contribution in [3.8, 4) is 0 Å². The van der Waals surface area contributed by atoms with E-state index < -0.39 is 5.97 Å². The summed E-state index contributed by atoms with van der Waals surface area (Å²) in [5.74, 6) is -0.920. The highest BCUT2D eigenvalue weighted by Crippen LogP contribution is 2.26. The number of nitrogens with one attached hydrogen (secondary N) is 1. The molecule has 23 heavy (non-hydrogen) atoms. The molecule has 1 fully saturated rings. The number of rotatable bonds is 5. The second kappa shape index (κ2) is 7.56. The standard InChI is InChI=1S/C15H16N2O4S2/c1-3-21-14(20)10-4-6-11(7-5-10)16-12(18)8-17-13(19)9(2)23-15(17)22/h4-7,9H,3,8H2,1-2H3,(H,16,18). The number of anilines is 1. The minimum Gasteiger partial charge on any atom is -0.462 e. The van der Waals surface area contributed by atoms with Gasteiger partial charge < -0.3 is 10.1 Å². The molecule has 1 N–H and O–H groups in total. The Bertz CT molecular complexity index is 645. The van der Waals surface area contributed by atoms with Gasteiger partial charge in [0.1, 0.15) is 10.9 Å². The zero-order valence-electron chi connectivity index (χ0n) is 12.7. The van der Waals surface area contributed by atoms with Crippen molar-refractivity contribution in [2.24, 2.45) is 0 Å². The molecule has 1 aromatic carbocycles. The van der Waals surface area contributed by atoms with Crippen LogP contribution in [0.1, 0.15) is 24.2 Å². The number of carbonyl (C=O) groups excluding carboxylic acids is 3. The Morgan fingerprint density at radius 1 is 1.35 bits per heavy atom. The number of benzene rings is 1. The lowest BCUT2D eigenvalue weighted by Gasteiger charge is -2.15. The van der Waals surface area contributed by atoms with Gasteiger partial charge in [0.2, 0.25) is 11.8 Å². The van der Waals surface area contributed by atoms with E-state index in [0.717, 1.165) is 0 Å². The number of esters is 1. The first kappa shape index (κ1) is 17.4. The Hall–Kier alpha value is -1.93. The monoisotopic (exact) mass is 352 g/mol. The number of ether oxygens (including phenoxy) is 1. The zero-order valence-corrected chi connectivity index (χ0v) is 14.3. The third-order valence-electron chi connectivity index (χ3n) is 3.09. The first-order valence-corrected chi connectivity index (χ1v) is 8.30. The van der Waals surface area contributed by atoms with Crippen molar-refractivity contribution in [3.63, 3.8) is 0 Å². The fraction of sp³-hybridized carbons (Fsp3) is 0.333. The molecule has 122 valence electrons. The van der Waals surface area contributed by atoms with E-state index in [4.69, 9.17) is 17.0 Å². The number of hydrogen-bond acceptors (Lipinski definition) is 6. The summed E-state index contributed by atoms with van der Waals surface area (Å²) in [5, 5.41) is 2.42. The summed E-state index contributed by atoms with van der Waals surface area (Å²) in [4.78, 5) is 36.7. The molecular formula is C15H16N2O4S2. The van der Waals surface area contributed by atoms with E-state index >= 15 is 0 Å². The van der Waals surface area contributed by atoms with Crippen molar-refractivity contribution in [2.45, 2.75) is 19.1 Å². The molecule has 2 amide bonds. The molecule has 8 heteroatoms. The molecule has 1 atom stereocenters. The first-order valence-electron chi connectivity index (χ1n) is 7.01. The van der Waals surface area contributed by atoms with E-state index in [9.17, 15) is 14.4 Å². The number of hydrogen-bond donors (Lipinski definition) is 1. The minimum absolute atomic E-state index is 0.116. The van der Waals surface area contributed by atoms with Crippen LogP contribution in [0, 0.1) is 0 Å². The van der Waals surface area contributed by atoms with Gasteiger partial charge in [-0.1, -0.05) is 24.0 Å². The second-order valence-corrected chi connectivity index (χ2v) is 6.77. The van der Waals surface area contributed by atoms with Gasteiger partial charge in [0.05, 0.1) is 17.4 Å². The predicted molar refractivity (Wildman–Crippen MR) is 92.4 cm³/mol. The molecular weight excluding hydrogens is 336 g/mol. The largest absolute Gasteiger partial charge is 0.462 e. The van der Waals surface area contributed by atoms with E-state index in [1.54, 1.807) is 38.1 Å². The molecule has 1 saturated heterocycles. The van der Waals surface area contributed by atoms with Crippen molar-refractivity contribution in [1.29, 1.82) is 0 Å². The molecule has 1 aliphatic rings. The van der Waals surface area contributed by atoms with Crippen LogP contribution >= 0.6 is 24.0 Å². The molecule has 6 nitrogen and oxygen atoms in total. The topological polar surface area (TPSA) is 75.7 Å². The van der Waals surface area contributed by atoms with E-state index in [-0.39, 0.29) is 23.6 Å². The summed E-state index contributed by atoms with van der Waals surface area (Å²) in [5.41, 5.74) is 0.937. The summed E-state index contributed by atoms with van der Waals surface area (Å²) in [6.07, 6.45) is 0. The van der Waals surface area contributed by atoms with Gasteiger partial charge >= 0.3 is 5.97 Å². The van der Waals surface area contributed by atoms with Crippen molar-refractivity contribution in [3.05, 3.63) is 29.8 Å². The zero-order chi connectivity index (χ0) is 17.0. The maximum absolute atomic E-state index is 12.0. The Morgan fingerprint density at radius 3 is 2.52 bits per heavy atom. The molecule has 0 spiro atoms. The Kier molecular flexibility index (Phi) is 5.73. The van der Waals surface area contributed by atoms with E-state index in [1.807, 2.05) is 0 Å². The third kappa shape index (κ3) is 4.29. The second-order valence-electron chi connectivity index (χ2n) is 4.80. The number of carbonyl (C=O) groups is 3. The van der Waals surface area contributed by atoms with E-state index in [0.29, 0.717) is 22.2 Å².